The van der Waals surface area contributed by atoms with Gasteiger partial charge in [-0.2, -0.15) is 26.3 Å². The van der Waals surface area contributed by atoms with Crippen molar-refractivity contribution in [2.75, 3.05) is 0 Å². The molecule has 0 amide bonds. The molecule has 154 valence electrons. The number of nitro benzene ring substituents is 1. The summed E-state index contributed by atoms with van der Waals surface area (Å²) in [7, 11) is 0. The van der Waals surface area contributed by atoms with Gasteiger partial charge in [0.15, 0.2) is 0 Å². The minimum absolute atomic E-state index is 0.416. The van der Waals surface area contributed by atoms with E-state index in [0.29, 0.717) is 12.1 Å². The number of hydrogen-bond donors (Lipinski definition) is 2. The molecular weight excluding hydrogens is 511 g/mol. The zero-order valence-electron chi connectivity index (χ0n) is 12.9. The van der Waals surface area contributed by atoms with Gasteiger partial charge in [-0.25, -0.2) is 0 Å². The van der Waals surface area contributed by atoms with Crippen LogP contribution in [0.2, 0.25) is 10.0 Å². The smallest absolute Gasteiger partial charge is 0.419 e. The van der Waals surface area contributed by atoms with E-state index in [1.165, 1.54) is 0 Å². The third kappa shape index (κ3) is 5.79. The van der Waals surface area contributed by atoms with E-state index < -0.39 is 60.1 Å². The average Bonchev–Trinajstić information content (AvgIpc) is 2.51. The van der Waals surface area contributed by atoms with Gasteiger partial charge < -0.3 is 10.2 Å². The van der Waals surface area contributed by atoms with Crippen molar-refractivity contribution in [1.82, 2.24) is 0 Å². The lowest BCUT2D eigenvalue weighted by atomic mass is 10.2. The van der Waals surface area contributed by atoms with Crippen molar-refractivity contribution in [3.05, 3.63) is 60.0 Å². The molecule has 5 nitrogen and oxygen atoms in total. The topological polar surface area (TPSA) is 83.6 Å². The molecule has 2 rings (SSSR count). The van der Waals surface area contributed by atoms with Crippen LogP contribution < -0.4 is 0 Å². The van der Waals surface area contributed by atoms with Gasteiger partial charge >= 0.3 is 18.0 Å². The lowest BCUT2D eigenvalue weighted by Gasteiger charge is -2.12. The number of nitro groups is 1. The molecule has 0 saturated heterocycles. The van der Waals surface area contributed by atoms with E-state index in [1.807, 2.05) is 0 Å². The number of nitrogens with zero attached hydrogens (tertiary/aromatic N) is 1. The molecule has 0 spiro atoms. The molecule has 0 aliphatic rings. The Kier molecular flexibility index (Phi) is 7.42. The van der Waals surface area contributed by atoms with Crippen molar-refractivity contribution in [2.45, 2.75) is 12.4 Å². The fourth-order valence-electron chi connectivity index (χ4n) is 1.73. The number of benzene rings is 2. The maximum atomic E-state index is 12.4. The molecular formula is C14H6BrCl2F6NO4. The van der Waals surface area contributed by atoms with E-state index >= 15 is 0 Å². The van der Waals surface area contributed by atoms with Gasteiger partial charge in [-0.15, -0.1) is 0 Å². The second-order valence-electron chi connectivity index (χ2n) is 4.83. The van der Waals surface area contributed by atoms with Crippen LogP contribution in [-0.4, -0.2) is 15.1 Å². The lowest BCUT2D eigenvalue weighted by Crippen LogP contribution is -2.08. The van der Waals surface area contributed by atoms with Gasteiger partial charge in [-0.1, -0.05) is 23.2 Å². The summed E-state index contributed by atoms with van der Waals surface area (Å²) in [4.78, 5) is 9.34. The third-order valence-corrected chi connectivity index (χ3v) is 4.31. The van der Waals surface area contributed by atoms with Crippen molar-refractivity contribution < 1.29 is 41.5 Å². The molecule has 0 unspecified atom stereocenters. The zero-order chi connectivity index (χ0) is 22.0. The fraction of sp³-hybridized carbons (Fsp3) is 0.143. The van der Waals surface area contributed by atoms with Crippen LogP contribution in [0.25, 0.3) is 0 Å². The highest BCUT2D eigenvalue weighted by molar-refractivity contribution is 9.10. The Hall–Kier alpha value is -1.92. The molecule has 2 aromatic rings. The number of halogens is 9. The van der Waals surface area contributed by atoms with Gasteiger partial charge in [-0.05, 0) is 34.1 Å². The fourth-order valence-corrected chi connectivity index (χ4v) is 3.01. The van der Waals surface area contributed by atoms with Crippen LogP contribution in [0.1, 0.15) is 11.1 Å². The van der Waals surface area contributed by atoms with E-state index in [-0.39, 0.29) is 0 Å². The summed E-state index contributed by atoms with van der Waals surface area (Å²) in [5, 5.41) is 27.0. The van der Waals surface area contributed by atoms with Crippen LogP contribution in [0.4, 0.5) is 32.0 Å². The molecule has 2 aromatic carbocycles. The van der Waals surface area contributed by atoms with Gasteiger partial charge in [0.25, 0.3) is 0 Å². The quantitative estimate of drug-likeness (QED) is 0.248. The molecule has 0 aromatic heterocycles. The molecule has 0 atom stereocenters. The van der Waals surface area contributed by atoms with E-state index in [9.17, 15) is 41.6 Å². The number of hydrogen-bond acceptors (Lipinski definition) is 4. The van der Waals surface area contributed by atoms with Gasteiger partial charge in [-0.3, -0.25) is 10.1 Å². The minimum Gasteiger partial charge on any atom is -0.508 e. The van der Waals surface area contributed by atoms with Crippen LogP contribution in [0.15, 0.2) is 28.7 Å². The van der Waals surface area contributed by atoms with Gasteiger partial charge in [0.1, 0.15) is 5.75 Å². The van der Waals surface area contributed by atoms with Gasteiger partial charge in [0, 0.05) is 6.07 Å². The van der Waals surface area contributed by atoms with E-state index in [1.54, 1.807) is 0 Å². The number of phenols is 2. The second kappa shape index (κ2) is 8.62. The minimum atomic E-state index is -4.82. The largest absolute Gasteiger partial charge is 0.508 e. The predicted octanol–water partition coefficient (Wildman–Crippen LogP) is 6.80. The summed E-state index contributed by atoms with van der Waals surface area (Å²) in [5.74, 6) is -1.56. The maximum Gasteiger partial charge on any atom is 0.419 e. The average molecular weight is 517 g/mol. The van der Waals surface area contributed by atoms with E-state index in [2.05, 4.69) is 15.9 Å². The first kappa shape index (κ1) is 24.1. The molecule has 0 fully saturated rings. The molecule has 0 aliphatic heterocycles. The Labute approximate surface area is 170 Å². The lowest BCUT2D eigenvalue weighted by molar-refractivity contribution is -0.386. The standard InChI is InChI=1S/C7H2BrClF3NO3.C7H4ClF3O/c8-5-4(7(10,11)12)2(9)1-3(6(5)14)13(15)16;8-6-2-1-4(12)3-5(6)7(9,10)11/h1,14H;1-3,12H. The Balaban J connectivity index is 0.000000292. The third-order valence-electron chi connectivity index (χ3n) is 2.91. The summed E-state index contributed by atoms with van der Waals surface area (Å²) >= 11 is 12.9. The van der Waals surface area contributed by atoms with Crippen LogP contribution in [0.5, 0.6) is 11.5 Å². The normalized spacial score (nSPS) is 11.6. The molecule has 0 aliphatic carbocycles. The highest BCUT2D eigenvalue weighted by Crippen LogP contribution is 2.47. The molecule has 28 heavy (non-hydrogen) atoms. The summed E-state index contributed by atoms with van der Waals surface area (Å²) in [6.07, 6.45) is -9.33. The molecule has 2 N–H and O–H groups in total. The number of aromatic hydroxyl groups is 2. The zero-order valence-corrected chi connectivity index (χ0v) is 16.0. The van der Waals surface area contributed by atoms with Crippen LogP contribution in [0, 0.1) is 10.1 Å². The van der Waals surface area contributed by atoms with Gasteiger partial charge in [0.2, 0.25) is 5.75 Å². The highest BCUT2D eigenvalue weighted by atomic mass is 79.9. The highest BCUT2D eigenvalue weighted by Gasteiger charge is 2.39. The van der Waals surface area contributed by atoms with Crippen LogP contribution >= 0.6 is 39.1 Å². The van der Waals surface area contributed by atoms with Crippen LogP contribution in [-0.2, 0) is 12.4 Å². The molecule has 0 heterocycles. The Morgan fingerprint density at radius 2 is 1.50 bits per heavy atom. The summed E-state index contributed by atoms with van der Waals surface area (Å²) in [6.45, 7) is 0. The first-order chi connectivity index (χ1) is 12.6. The SMILES string of the molecule is O=[N+]([O-])c1cc(Cl)c(C(F)(F)F)c(Br)c1O.Oc1ccc(Cl)c(C(F)(F)F)c1. The number of phenolic OH excluding ortho intramolecular Hbond substituents is 2. The number of rotatable bonds is 1. The van der Waals surface area contributed by atoms with Crippen molar-refractivity contribution >= 4 is 44.8 Å². The molecule has 14 heteroatoms. The van der Waals surface area contributed by atoms with Crippen molar-refractivity contribution in [3.63, 3.8) is 0 Å². The Morgan fingerprint density at radius 1 is 0.964 bits per heavy atom. The summed E-state index contributed by atoms with van der Waals surface area (Å²) in [5.41, 5.74) is -3.27. The number of alkyl halides is 6. The Morgan fingerprint density at radius 3 is 1.89 bits per heavy atom. The van der Waals surface area contributed by atoms with E-state index in [0.717, 1.165) is 12.1 Å². The monoisotopic (exact) mass is 515 g/mol. The first-order valence-electron chi connectivity index (χ1n) is 6.55. The second-order valence-corrected chi connectivity index (χ2v) is 6.44. The summed E-state index contributed by atoms with van der Waals surface area (Å²) < 4.78 is 72.5. The molecule has 0 bridgehead atoms. The maximum absolute atomic E-state index is 12.4. The van der Waals surface area contributed by atoms with Crippen molar-refractivity contribution in [3.8, 4) is 11.5 Å². The Bertz CT molecular complexity index is 905. The molecule has 0 radical (unpaired) electrons. The van der Waals surface area contributed by atoms with Crippen LogP contribution in [0.3, 0.4) is 0 Å². The van der Waals surface area contributed by atoms with Gasteiger partial charge in [0.05, 0.1) is 30.6 Å². The van der Waals surface area contributed by atoms with Crippen molar-refractivity contribution in [1.29, 1.82) is 0 Å². The first-order valence-corrected chi connectivity index (χ1v) is 8.10. The molecule has 0 saturated carbocycles. The van der Waals surface area contributed by atoms with Crippen molar-refractivity contribution in [2.24, 2.45) is 0 Å². The predicted molar refractivity (Wildman–Crippen MR) is 90.6 cm³/mol. The van der Waals surface area contributed by atoms with E-state index in [4.69, 9.17) is 28.3 Å². The summed E-state index contributed by atoms with van der Waals surface area (Å²) in [6, 6.07) is 3.13.